The molecule has 4 rings (SSSR count). The van der Waals surface area contributed by atoms with Crippen molar-refractivity contribution in [1.82, 2.24) is 0 Å². The van der Waals surface area contributed by atoms with Crippen LogP contribution in [0.4, 0.5) is 11.5 Å². The summed E-state index contributed by atoms with van der Waals surface area (Å²) in [5, 5.41) is 3.00. The fraction of sp³-hybridized carbons (Fsp3) is 0.250. The van der Waals surface area contributed by atoms with Gasteiger partial charge >= 0.3 is 0 Å². The summed E-state index contributed by atoms with van der Waals surface area (Å²) in [5.41, 5.74) is 1.98. The van der Waals surface area contributed by atoms with Crippen molar-refractivity contribution >= 4 is 17.4 Å². The summed E-state index contributed by atoms with van der Waals surface area (Å²) < 4.78 is 5.84. The molecule has 0 unspecified atom stereocenters. The fourth-order valence-electron chi connectivity index (χ4n) is 3.60. The molecule has 0 saturated carbocycles. The molecule has 6 heteroatoms. The number of piperazine rings is 1. The van der Waals surface area contributed by atoms with Gasteiger partial charge in [0, 0.05) is 11.8 Å². The average Bonchev–Trinajstić information content (AvgIpc) is 2.78. The molecule has 0 atom stereocenters. The molecule has 2 heterocycles. The standard InChI is InChI=1S/C24H26N4O2/c1-19-5-9-21(10-6-19)30-22-11-7-20(8-12-22)26-24(29)18-27-14-16-28(17-15-27)23-4-2-3-13-25-23/h2-13H,14-18H2,1H3,(H,26,29)/p+2. The molecule has 1 fully saturated rings. The van der Waals surface area contributed by atoms with Crippen LogP contribution < -0.4 is 24.8 Å². The number of aromatic amines is 1. The second kappa shape index (κ2) is 9.41. The first kappa shape index (κ1) is 19.9. The van der Waals surface area contributed by atoms with Gasteiger partial charge in [0.25, 0.3) is 11.7 Å². The van der Waals surface area contributed by atoms with Crippen LogP contribution in [0.25, 0.3) is 0 Å². The Hall–Kier alpha value is -3.38. The van der Waals surface area contributed by atoms with Gasteiger partial charge in [0.05, 0.1) is 6.20 Å². The molecule has 2 aromatic carbocycles. The SMILES string of the molecule is Cc1ccc(Oc2ccc(NC(=O)C[NH+]3CCN(c4cccc[nH+]4)CC3)cc2)cc1. The highest BCUT2D eigenvalue weighted by Gasteiger charge is 2.27. The Morgan fingerprint density at radius 1 is 1.00 bits per heavy atom. The van der Waals surface area contributed by atoms with Crippen LogP contribution in [-0.4, -0.2) is 38.6 Å². The topological polar surface area (TPSA) is 60.1 Å². The number of H-pyrrole nitrogens is 1. The third-order valence-corrected chi connectivity index (χ3v) is 5.31. The molecule has 6 nitrogen and oxygen atoms in total. The Morgan fingerprint density at radius 2 is 1.67 bits per heavy atom. The lowest BCUT2D eigenvalue weighted by Gasteiger charge is -2.27. The summed E-state index contributed by atoms with van der Waals surface area (Å²) in [6, 6.07) is 21.5. The lowest BCUT2D eigenvalue weighted by atomic mass is 10.2. The summed E-state index contributed by atoms with van der Waals surface area (Å²) in [6.07, 6.45) is 1.94. The third kappa shape index (κ3) is 5.36. The third-order valence-electron chi connectivity index (χ3n) is 5.31. The molecule has 0 spiro atoms. The number of rotatable bonds is 6. The first-order valence-electron chi connectivity index (χ1n) is 10.4. The Labute approximate surface area is 177 Å². The van der Waals surface area contributed by atoms with Crippen LogP contribution in [0.3, 0.4) is 0 Å². The number of carbonyl (C=O) groups is 1. The van der Waals surface area contributed by atoms with E-state index in [1.165, 1.54) is 10.5 Å². The van der Waals surface area contributed by atoms with Gasteiger partial charge in [-0.3, -0.25) is 9.69 Å². The van der Waals surface area contributed by atoms with Crippen LogP contribution in [0, 0.1) is 6.92 Å². The Morgan fingerprint density at radius 3 is 2.30 bits per heavy atom. The minimum Gasteiger partial charge on any atom is -0.457 e. The number of nitrogens with one attached hydrogen (secondary N) is 3. The van der Waals surface area contributed by atoms with E-state index in [-0.39, 0.29) is 5.91 Å². The van der Waals surface area contributed by atoms with Crippen molar-refractivity contribution in [3.63, 3.8) is 0 Å². The van der Waals surface area contributed by atoms with Crippen LogP contribution in [0.5, 0.6) is 11.5 Å². The van der Waals surface area contributed by atoms with Gasteiger partial charge in [0.1, 0.15) is 37.7 Å². The summed E-state index contributed by atoms with van der Waals surface area (Å²) in [6.45, 7) is 6.29. The fourth-order valence-corrected chi connectivity index (χ4v) is 3.60. The van der Waals surface area contributed by atoms with E-state index in [1.54, 1.807) is 0 Å². The number of anilines is 2. The van der Waals surface area contributed by atoms with E-state index in [1.807, 2.05) is 73.8 Å². The van der Waals surface area contributed by atoms with Gasteiger partial charge in [-0.2, -0.15) is 0 Å². The van der Waals surface area contributed by atoms with Crippen LogP contribution in [0.1, 0.15) is 5.56 Å². The van der Waals surface area contributed by atoms with Crippen LogP contribution in [0.15, 0.2) is 72.9 Å². The van der Waals surface area contributed by atoms with E-state index in [9.17, 15) is 4.79 Å². The second-order valence-electron chi connectivity index (χ2n) is 7.65. The lowest BCUT2D eigenvalue weighted by Crippen LogP contribution is -3.15. The maximum atomic E-state index is 12.5. The molecule has 154 valence electrons. The number of nitrogens with zero attached hydrogens (tertiary/aromatic N) is 1. The van der Waals surface area contributed by atoms with E-state index in [0.717, 1.165) is 49.2 Å². The number of carbonyl (C=O) groups excluding carboxylic acids is 1. The van der Waals surface area contributed by atoms with E-state index in [0.29, 0.717) is 6.54 Å². The molecule has 1 aromatic heterocycles. The van der Waals surface area contributed by atoms with Crippen molar-refractivity contribution in [3.8, 4) is 11.5 Å². The number of ether oxygens (including phenoxy) is 1. The van der Waals surface area contributed by atoms with Crippen molar-refractivity contribution in [1.29, 1.82) is 0 Å². The highest BCUT2D eigenvalue weighted by Crippen LogP contribution is 2.23. The van der Waals surface area contributed by atoms with Gasteiger partial charge in [0.2, 0.25) is 0 Å². The van der Waals surface area contributed by atoms with E-state index in [2.05, 4.69) is 21.3 Å². The van der Waals surface area contributed by atoms with Crippen molar-refractivity contribution in [3.05, 3.63) is 78.5 Å². The van der Waals surface area contributed by atoms with Gasteiger partial charge in [-0.1, -0.05) is 23.8 Å². The number of hydrogen-bond acceptors (Lipinski definition) is 3. The molecule has 0 radical (unpaired) electrons. The molecule has 0 aliphatic carbocycles. The molecular formula is C24H28N4O2+2. The molecule has 1 aliphatic heterocycles. The number of aromatic nitrogens is 1. The maximum Gasteiger partial charge on any atom is 0.279 e. The van der Waals surface area contributed by atoms with Gasteiger partial charge in [-0.25, -0.2) is 4.98 Å². The molecule has 1 amide bonds. The number of aryl methyl sites for hydroxylation is 1. The maximum absolute atomic E-state index is 12.5. The summed E-state index contributed by atoms with van der Waals surface area (Å²) in [4.78, 5) is 19.4. The van der Waals surface area contributed by atoms with E-state index >= 15 is 0 Å². The first-order valence-corrected chi connectivity index (χ1v) is 10.4. The zero-order chi connectivity index (χ0) is 20.8. The summed E-state index contributed by atoms with van der Waals surface area (Å²) in [5.74, 6) is 2.72. The van der Waals surface area contributed by atoms with E-state index < -0.39 is 0 Å². The molecule has 1 aliphatic rings. The van der Waals surface area contributed by atoms with Crippen LogP contribution in [-0.2, 0) is 4.79 Å². The van der Waals surface area contributed by atoms with Gasteiger partial charge < -0.3 is 15.0 Å². The zero-order valence-corrected chi connectivity index (χ0v) is 17.2. The highest BCUT2D eigenvalue weighted by atomic mass is 16.5. The van der Waals surface area contributed by atoms with E-state index in [4.69, 9.17) is 4.74 Å². The largest absolute Gasteiger partial charge is 0.457 e. The molecular weight excluding hydrogens is 376 g/mol. The Bertz CT molecular complexity index is 951. The van der Waals surface area contributed by atoms with Crippen molar-refractivity contribution < 1.29 is 19.4 Å². The number of hydrogen-bond donors (Lipinski definition) is 2. The smallest absolute Gasteiger partial charge is 0.279 e. The summed E-state index contributed by atoms with van der Waals surface area (Å²) in [7, 11) is 0. The number of quaternary nitrogens is 1. The van der Waals surface area contributed by atoms with Crippen LogP contribution >= 0.6 is 0 Å². The van der Waals surface area contributed by atoms with Crippen molar-refractivity contribution in [2.75, 3.05) is 42.9 Å². The highest BCUT2D eigenvalue weighted by molar-refractivity contribution is 5.91. The van der Waals surface area contributed by atoms with Gasteiger partial charge in [0.15, 0.2) is 6.54 Å². The molecule has 30 heavy (non-hydrogen) atoms. The zero-order valence-electron chi connectivity index (χ0n) is 17.2. The predicted octanol–water partition coefficient (Wildman–Crippen LogP) is 1.95. The van der Waals surface area contributed by atoms with Crippen molar-refractivity contribution in [2.45, 2.75) is 6.92 Å². The molecule has 0 bridgehead atoms. The molecule has 1 saturated heterocycles. The quantitative estimate of drug-likeness (QED) is 0.660. The predicted molar refractivity (Wildman–Crippen MR) is 117 cm³/mol. The monoisotopic (exact) mass is 404 g/mol. The summed E-state index contributed by atoms with van der Waals surface area (Å²) >= 11 is 0. The Balaban J connectivity index is 1.24. The molecule has 3 N–H and O–H groups in total. The van der Waals surface area contributed by atoms with Crippen molar-refractivity contribution in [2.24, 2.45) is 0 Å². The Kier molecular flexibility index (Phi) is 6.25. The number of amides is 1. The minimum atomic E-state index is 0.0388. The second-order valence-corrected chi connectivity index (χ2v) is 7.65. The lowest BCUT2D eigenvalue weighted by molar-refractivity contribution is -0.892. The van der Waals surface area contributed by atoms with Gasteiger partial charge in [-0.15, -0.1) is 0 Å². The van der Waals surface area contributed by atoms with Gasteiger partial charge in [-0.05, 0) is 49.4 Å². The number of benzene rings is 2. The number of pyridine rings is 1. The normalized spacial score (nSPS) is 14.4. The van der Waals surface area contributed by atoms with Crippen LogP contribution in [0.2, 0.25) is 0 Å². The first-order chi connectivity index (χ1) is 14.7. The average molecular weight is 405 g/mol. The molecule has 3 aromatic rings. The minimum absolute atomic E-state index is 0.0388.